The van der Waals surface area contributed by atoms with Crippen molar-refractivity contribution in [1.29, 1.82) is 0 Å². The van der Waals surface area contributed by atoms with Gasteiger partial charge in [0.1, 0.15) is 5.60 Å². The van der Waals surface area contributed by atoms with Crippen LogP contribution in [-0.2, 0) is 19.0 Å². The molecule has 0 amide bonds. The van der Waals surface area contributed by atoms with Crippen LogP contribution in [0.1, 0.15) is 100 Å². The number of aliphatic hydroxyl groups is 1. The van der Waals surface area contributed by atoms with Crippen LogP contribution >= 0.6 is 0 Å². The maximum atomic E-state index is 13.8. The van der Waals surface area contributed by atoms with Crippen molar-refractivity contribution in [3.63, 3.8) is 0 Å². The van der Waals surface area contributed by atoms with Gasteiger partial charge in [-0.2, -0.15) is 0 Å². The van der Waals surface area contributed by atoms with Gasteiger partial charge in [-0.25, -0.2) is 0 Å². The Bertz CT molecular complexity index is 1100. The zero-order valence-electron chi connectivity index (χ0n) is 24.9. The minimum atomic E-state index is -0.665. The fourth-order valence-corrected chi connectivity index (χ4v) is 12.4. The highest BCUT2D eigenvalue weighted by Gasteiger charge is 2.81. The molecule has 2 aliphatic heterocycles. The van der Waals surface area contributed by atoms with Crippen LogP contribution in [0.3, 0.4) is 0 Å². The molecule has 1 spiro atoms. The lowest BCUT2D eigenvalue weighted by atomic mass is 9.32. The zero-order chi connectivity index (χ0) is 27.3. The fourth-order valence-electron chi connectivity index (χ4n) is 12.4. The largest absolute Gasteiger partial charge is 0.453 e. The van der Waals surface area contributed by atoms with Crippen molar-refractivity contribution in [2.45, 2.75) is 124 Å². The summed E-state index contributed by atoms with van der Waals surface area (Å²) in [4.78, 5) is 13.8. The van der Waals surface area contributed by atoms with E-state index in [-0.39, 0.29) is 45.1 Å². The van der Waals surface area contributed by atoms with E-state index in [1.54, 1.807) is 0 Å². The van der Waals surface area contributed by atoms with E-state index in [1.807, 2.05) is 13.8 Å². The van der Waals surface area contributed by atoms with Crippen LogP contribution in [0, 0.1) is 56.7 Å². The van der Waals surface area contributed by atoms with Crippen molar-refractivity contribution in [2.75, 3.05) is 6.61 Å². The molecular weight excluding hydrogens is 476 g/mol. The minimum absolute atomic E-state index is 0.0250. The second-order valence-electron chi connectivity index (χ2n) is 16.4. The molecule has 0 unspecified atom stereocenters. The van der Waals surface area contributed by atoms with Crippen molar-refractivity contribution < 1.29 is 24.1 Å². The summed E-state index contributed by atoms with van der Waals surface area (Å²) in [5, 5.41) is 11.7. The molecule has 0 radical (unpaired) electrons. The summed E-state index contributed by atoms with van der Waals surface area (Å²) in [5.74, 6) is 1.43. The van der Waals surface area contributed by atoms with E-state index in [4.69, 9.17) is 14.2 Å². The maximum Gasteiger partial charge on any atom is 0.313 e. The molecule has 1 N–H and O–H groups in total. The van der Waals surface area contributed by atoms with E-state index < -0.39 is 17.5 Å². The molecule has 5 aliphatic carbocycles. The third-order valence-electron chi connectivity index (χ3n) is 14.7. The summed E-state index contributed by atoms with van der Waals surface area (Å²) >= 11 is 0. The molecule has 7 aliphatic rings. The Hall–Kier alpha value is -0.910. The third kappa shape index (κ3) is 2.65. The second-order valence-corrected chi connectivity index (χ2v) is 16.4. The Morgan fingerprint density at radius 3 is 2.42 bits per heavy atom. The van der Waals surface area contributed by atoms with Crippen LogP contribution in [0.4, 0.5) is 0 Å². The monoisotopic (exact) mass is 526 g/mol. The van der Waals surface area contributed by atoms with Gasteiger partial charge in [-0.3, -0.25) is 4.79 Å². The SMILES string of the molecule is C[C@H]1[C@H](C)CC[C@@]23CC[C@]4(C)[C@@](C=C[C@@H]5[C@@]6(C)C[C@@H](O)[C@@H]7OC(C)(C)OC[C@@]7(C)[C@@H]6CC[C@]54C)(OC2=O)[C@H]13. The smallest absolute Gasteiger partial charge is 0.313 e. The van der Waals surface area contributed by atoms with Crippen LogP contribution in [0.15, 0.2) is 12.2 Å². The standard InChI is InChI=1S/C33H50O5/c1-19-9-13-32-16-15-31(8)30(7)12-10-22-28(5,17-21(34)25-29(22,6)18-36-27(3,4)37-25)23(30)11-14-33(31,38-26(32)35)24(32)20(19)2/h11,14,19-25,34H,9-10,12-13,15-18H2,1-8H3/t19-,20+,21-,22-,23-,24-,25+,28+,29+,30-,31+,32+,33+/m1/s1. The average molecular weight is 527 g/mol. The summed E-state index contributed by atoms with van der Waals surface area (Å²) in [6, 6.07) is 0. The Kier molecular flexibility index (Phi) is 4.99. The first-order valence-electron chi connectivity index (χ1n) is 15.5. The number of hydrogen-bond acceptors (Lipinski definition) is 5. The molecule has 7 rings (SSSR count). The average Bonchev–Trinajstić information content (AvgIpc) is 3.03. The molecule has 0 aromatic heterocycles. The molecule has 2 bridgehead atoms. The lowest BCUT2D eigenvalue weighted by molar-refractivity contribution is -0.369. The minimum Gasteiger partial charge on any atom is -0.453 e. The quantitative estimate of drug-likeness (QED) is 0.297. The first-order chi connectivity index (χ1) is 17.6. The number of fused-ring (bicyclic) bond motifs is 6. The number of hydrogen-bond donors (Lipinski definition) is 1. The van der Waals surface area contributed by atoms with E-state index in [1.165, 1.54) is 0 Å². The number of rotatable bonds is 0. The van der Waals surface area contributed by atoms with Crippen molar-refractivity contribution in [2.24, 2.45) is 56.7 Å². The Morgan fingerprint density at radius 2 is 1.68 bits per heavy atom. The fraction of sp³-hybridized carbons (Fsp3) is 0.909. The molecule has 5 nitrogen and oxygen atoms in total. The van der Waals surface area contributed by atoms with Gasteiger partial charge in [0.25, 0.3) is 0 Å². The number of ether oxygens (including phenoxy) is 3. The number of aliphatic hydroxyl groups excluding tert-OH is 1. The van der Waals surface area contributed by atoms with Gasteiger partial charge in [0.15, 0.2) is 5.79 Å². The Labute approximate surface area is 229 Å². The number of carbonyl (C=O) groups excluding carboxylic acids is 1. The number of allylic oxidation sites excluding steroid dienone is 1. The Balaban J connectivity index is 1.35. The third-order valence-corrected chi connectivity index (χ3v) is 14.7. The maximum absolute atomic E-state index is 13.8. The van der Waals surface area contributed by atoms with Gasteiger partial charge >= 0.3 is 5.97 Å². The lowest BCUT2D eigenvalue weighted by Gasteiger charge is -2.73. The van der Waals surface area contributed by atoms with E-state index in [0.717, 1.165) is 44.9 Å². The normalized spacial score (nSPS) is 62.0. The summed E-state index contributed by atoms with van der Waals surface area (Å²) in [6.45, 7) is 19.0. The molecule has 0 aromatic carbocycles. The van der Waals surface area contributed by atoms with Gasteiger partial charge in [-0.1, -0.05) is 47.6 Å². The van der Waals surface area contributed by atoms with Crippen molar-refractivity contribution >= 4 is 5.97 Å². The molecule has 212 valence electrons. The lowest BCUT2D eigenvalue weighted by Crippen LogP contribution is -2.73. The topological polar surface area (TPSA) is 65.0 Å². The molecule has 5 heteroatoms. The molecule has 0 aromatic rings. The van der Waals surface area contributed by atoms with Crippen LogP contribution < -0.4 is 0 Å². The van der Waals surface area contributed by atoms with Crippen LogP contribution in [0.5, 0.6) is 0 Å². The van der Waals surface area contributed by atoms with Gasteiger partial charge in [0.05, 0.1) is 24.2 Å². The van der Waals surface area contributed by atoms with Crippen molar-refractivity contribution in [1.82, 2.24) is 0 Å². The highest BCUT2D eigenvalue weighted by molar-refractivity contribution is 5.82. The molecule has 2 heterocycles. The first-order valence-corrected chi connectivity index (χ1v) is 15.5. The number of carbonyl (C=O) groups is 1. The highest BCUT2D eigenvalue weighted by atomic mass is 16.7. The van der Waals surface area contributed by atoms with Crippen LogP contribution in [0.25, 0.3) is 0 Å². The van der Waals surface area contributed by atoms with E-state index in [0.29, 0.717) is 30.3 Å². The van der Waals surface area contributed by atoms with Gasteiger partial charge in [0, 0.05) is 16.7 Å². The molecule has 2 saturated heterocycles. The summed E-state index contributed by atoms with van der Waals surface area (Å²) in [6.07, 6.45) is 11.2. The van der Waals surface area contributed by atoms with Gasteiger partial charge < -0.3 is 19.3 Å². The predicted molar refractivity (Wildman–Crippen MR) is 145 cm³/mol. The molecule has 6 fully saturated rings. The number of esters is 1. The second kappa shape index (κ2) is 7.29. The van der Waals surface area contributed by atoms with E-state index in [2.05, 4.69) is 53.7 Å². The highest BCUT2D eigenvalue weighted by Crippen LogP contribution is 2.79. The molecule has 13 atom stereocenters. The predicted octanol–water partition coefficient (Wildman–Crippen LogP) is 6.28. The zero-order valence-corrected chi connectivity index (χ0v) is 24.9. The van der Waals surface area contributed by atoms with E-state index in [9.17, 15) is 9.90 Å². The van der Waals surface area contributed by atoms with Crippen molar-refractivity contribution in [3.05, 3.63) is 12.2 Å². The van der Waals surface area contributed by atoms with Crippen LogP contribution in [0.2, 0.25) is 0 Å². The van der Waals surface area contributed by atoms with Crippen LogP contribution in [-0.4, -0.2) is 41.3 Å². The molecule has 4 saturated carbocycles. The summed E-state index contributed by atoms with van der Waals surface area (Å²) in [7, 11) is 0. The van der Waals surface area contributed by atoms with Crippen molar-refractivity contribution in [3.8, 4) is 0 Å². The molecule has 38 heavy (non-hydrogen) atoms. The molecular formula is C33H50O5. The summed E-state index contributed by atoms with van der Waals surface area (Å²) < 4.78 is 19.5. The van der Waals surface area contributed by atoms with Gasteiger partial charge in [-0.15, -0.1) is 0 Å². The van der Waals surface area contributed by atoms with Gasteiger partial charge in [0.2, 0.25) is 0 Å². The van der Waals surface area contributed by atoms with Gasteiger partial charge in [-0.05, 0) is 99.4 Å². The first kappa shape index (κ1) is 26.0. The summed E-state index contributed by atoms with van der Waals surface area (Å²) in [5.41, 5.74) is -1.30. The Morgan fingerprint density at radius 1 is 0.947 bits per heavy atom. The van der Waals surface area contributed by atoms with E-state index >= 15 is 0 Å².